The van der Waals surface area contributed by atoms with E-state index >= 15 is 0 Å². The summed E-state index contributed by atoms with van der Waals surface area (Å²) in [5.41, 5.74) is 0. The molecule has 0 aliphatic rings. The second-order valence-electron chi connectivity index (χ2n) is 2.36. The Morgan fingerprint density at radius 2 is 1.70 bits per heavy atom. The summed E-state index contributed by atoms with van der Waals surface area (Å²) in [6.07, 6.45) is 0. The molecule has 0 aromatic heterocycles. The summed E-state index contributed by atoms with van der Waals surface area (Å²) in [5.74, 6) is 1.11. The van der Waals surface area contributed by atoms with Crippen molar-refractivity contribution in [2.75, 3.05) is 35.2 Å². The fourth-order valence-corrected chi connectivity index (χ4v) is 0.847. The van der Waals surface area contributed by atoms with Crippen LogP contribution < -0.4 is 5.32 Å². The van der Waals surface area contributed by atoms with Gasteiger partial charge in [0.2, 0.25) is 0 Å². The van der Waals surface area contributed by atoms with Gasteiger partial charge in [-0.2, -0.15) is 0 Å². The maximum Gasteiger partial charge on any atom is 0.347 e. The van der Waals surface area contributed by atoms with Gasteiger partial charge in [-0.25, -0.2) is 0 Å². The molecule has 0 atom stereocenters. The first-order valence-electron chi connectivity index (χ1n) is 2.99. The highest BCUT2D eigenvalue weighted by molar-refractivity contribution is 5.73. The summed E-state index contributed by atoms with van der Waals surface area (Å²) in [4.78, 5) is 2.03. The minimum atomic E-state index is 0. The molecule has 62 valence electrons. The zero-order valence-electron chi connectivity index (χ0n) is 6.89. The molecule has 0 radical (unpaired) electrons. The number of rotatable bonds is 0. The zero-order chi connectivity index (χ0) is 7.44. The molecule has 0 saturated carbocycles. The largest absolute Gasteiger partial charge is 0.347 e. The van der Waals surface area contributed by atoms with E-state index in [2.05, 4.69) is 5.32 Å². The number of hydrogen-bond donors (Lipinski definition) is 1. The molecule has 0 amide bonds. The lowest BCUT2D eigenvalue weighted by Crippen LogP contribution is -2.39. The van der Waals surface area contributed by atoms with E-state index in [0.717, 1.165) is 5.96 Å². The van der Waals surface area contributed by atoms with Crippen molar-refractivity contribution < 1.29 is 4.58 Å². The van der Waals surface area contributed by atoms with E-state index in [9.17, 15) is 0 Å². The SMILES string of the molecule is C.CNC(N(C)C)=[N+](C)C. The molecule has 0 aliphatic heterocycles. The van der Waals surface area contributed by atoms with Crippen LogP contribution >= 0.6 is 0 Å². The van der Waals surface area contributed by atoms with Crippen LogP contribution in [-0.2, 0) is 0 Å². The van der Waals surface area contributed by atoms with E-state index < -0.39 is 0 Å². The standard InChI is InChI=1S/C6H15N3.CH4/c1-7-6(8(2)3)9(4)5;/h1-5H3;1H4/p+1. The molecule has 0 saturated heterocycles. The van der Waals surface area contributed by atoms with Gasteiger partial charge in [-0.15, -0.1) is 0 Å². The van der Waals surface area contributed by atoms with E-state index in [0.29, 0.717) is 0 Å². The van der Waals surface area contributed by atoms with Gasteiger partial charge in [0.1, 0.15) is 0 Å². The Bertz CT molecular complexity index is 112. The zero-order valence-corrected chi connectivity index (χ0v) is 6.89. The van der Waals surface area contributed by atoms with Crippen molar-refractivity contribution in [1.29, 1.82) is 0 Å². The monoisotopic (exact) mass is 146 g/mol. The summed E-state index contributed by atoms with van der Waals surface area (Å²) in [6, 6.07) is 0. The van der Waals surface area contributed by atoms with Crippen molar-refractivity contribution >= 4 is 5.96 Å². The van der Waals surface area contributed by atoms with Crippen LogP contribution in [0.25, 0.3) is 0 Å². The summed E-state index contributed by atoms with van der Waals surface area (Å²) in [7, 11) is 9.94. The van der Waals surface area contributed by atoms with Crippen LogP contribution in [-0.4, -0.2) is 50.7 Å². The van der Waals surface area contributed by atoms with Crippen molar-refractivity contribution in [3.63, 3.8) is 0 Å². The molecule has 0 spiro atoms. The first-order chi connectivity index (χ1) is 4.09. The predicted molar refractivity (Wildman–Crippen MR) is 46.6 cm³/mol. The number of nitrogens with one attached hydrogen (secondary N) is 1. The Kier molecular flexibility index (Phi) is 6.10. The summed E-state index contributed by atoms with van der Waals surface area (Å²) in [5, 5.41) is 3.07. The number of guanidine groups is 1. The Hall–Kier alpha value is -0.730. The van der Waals surface area contributed by atoms with Crippen LogP contribution in [0.5, 0.6) is 0 Å². The highest BCUT2D eigenvalue weighted by atomic mass is 15.3. The van der Waals surface area contributed by atoms with Crippen molar-refractivity contribution in [3.05, 3.63) is 0 Å². The molecule has 0 unspecified atom stereocenters. The van der Waals surface area contributed by atoms with Gasteiger partial charge in [0.15, 0.2) is 0 Å². The van der Waals surface area contributed by atoms with Crippen LogP contribution in [0.2, 0.25) is 0 Å². The average molecular weight is 146 g/mol. The molecule has 0 aliphatic carbocycles. The quantitative estimate of drug-likeness (QED) is 0.295. The predicted octanol–water partition coefficient (Wildman–Crippen LogP) is 0.0316. The lowest BCUT2D eigenvalue weighted by Gasteiger charge is -2.09. The van der Waals surface area contributed by atoms with Gasteiger partial charge in [-0.05, 0) is 0 Å². The highest BCUT2D eigenvalue weighted by Gasteiger charge is 2.05. The molecule has 10 heavy (non-hydrogen) atoms. The summed E-state index contributed by atoms with van der Waals surface area (Å²) in [6.45, 7) is 0. The summed E-state index contributed by atoms with van der Waals surface area (Å²) < 4.78 is 2.03. The number of hydrogen-bond acceptors (Lipinski definition) is 0. The lowest BCUT2D eigenvalue weighted by molar-refractivity contribution is -0.472. The van der Waals surface area contributed by atoms with Crippen LogP contribution in [0.1, 0.15) is 7.43 Å². The van der Waals surface area contributed by atoms with Crippen molar-refractivity contribution in [1.82, 2.24) is 10.2 Å². The van der Waals surface area contributed by atoms with Gasteiger partial charge in [0, 0.05) is 0 Å². The fraction of sp³-hybridized carbons (Fsp3) is 0.857. The van der Waals surface area contributed by atoms with Crippen LogP contribution in [0.15, 0.2) is 0 Å². The molecular weight excluding hydrogens is 126 g/mol. The molecule has 0 aromatic rings. The van der Waals surface area contributed by atoms with Crippen LogP contribution in [0.4, 0.5) is 0 Å². The van der Waals surface area contributed by atoms with Crippen molar-refractivity contribution in [2.24, 2.45) is 0 Å². The maximum absolute atomic E-state index is 3.07. The van der Waals surface area contributed by atoms with E-state index in [1.165, 1.54) is 0 Å². The normalized spacial score (nSPS) is 7.70. The maximum atomic E-state index is 3.07. The Balaban J connectivity index is 0. The average Bonchev–Trinajstić information content (AvgIpc) is 1.64. The molecule has 0 heterocycles. The van der Waals surface area contributed by atoms with Gasteiger partial charge in [-0.3, -0.25) is 14.8 Å². The van der Waals surface area contributed by atoms with Gasteiger partial charge in [0.25, 0.3) is 0 Å². The Morgan fingerprint density at radius 1 is 1.30 bits per heavy atom. The molecular formula is C7H20N3+. The molecule has 0 rings (SSSR count). The van der Waals surface area contributed by atoms with E-state index in [1.54, 1.807) is 0 Å². The molecule has 3 heteroatoms. The third-order valence-corrected chi connectivity index (χ3v) is 1.07. The van der Waals surface area contributed by atoms with Gasteiger partial charge in [0.05, 0.1) is 35.2 Å². The third kappa shape index (κ3) is 3.33. The molecule has 0 aromatic carbocycles. The topological polar surface area (TPSA) is 18.3 Å². The smallest absolute Gasteiger partial charge is 0.281 e. The minimum absolute atomic E-state index is 0. The van der Waals surface area contributed by atoms with Crippen molar-refractivity contribution in [2.45, 2.75) is 7.43 Å². The Morgan fingerprint density at radius 3 is 1.70 bits per heavy atom. The first-order valence-corrected chi connectivity index (χ1v) is 2.99. The van der Waals surface area contributed by atoms with Crippen molar-refractivity contribution in [3.8, 4) is 0 Å². The third-order valence-electron chi connectivity index (χ3n) is 1.07. The highest BCUT2D eigenvalue weighted by Crippen LogP contribution is 1.73. The van der Waals surface area contributed by atoms with Gasteiger partial charge >= 0.3 is 5.96 Å². The van der Waals surface area contributed by atoms with E-state index in [-0.39, 0.29) is 7.43 Å². The van der Waals surface area contributed by atoms with Gasteiger partial charge < -0.3 is 0 Å². The Labute approximate surface area is 64.3 Å². The van der Waals surface area contributed by atoms with E-state index in [1.807, 2.05) is 44.7 Å². The lowest BCUT2D eigenvalue weighted by atomic mass is 10.7. The molecule has 0 fully saturated rings. The van der Waals surface area contributed by atoms with Crippen LogP contribution in [0, 0.1) is 0 Å². The fourth-order valence-electron chi connectivity index (χ4n) is 0.847. The summed E-state index contributed by atoms with van der Waals surface area (Å²) >= 11 is 0. The van der Waals surface area contributed by atoms with Gasteiger partial charge in [-0.1, -0.05) is 7.43 Å². The second kappa shape index (κ2) is 5.09. The molecule has 1 N–H and O–H groups in total. The molecule has 3 nitrogen and oxygen atoms in total. The molecule has 0 bridgehead atoms. The van der Waals surface area contributed by atoms with E-state index in [4.69, 9.17) is 0 Å². The second-order valence-corrected chi connectivity index (χ2v) is 2.36. The minimum Gasteiger partial charge on any atom is -0.281 e. The number of nitrogens with zero attached hydrogens (tertiary/aromatic N) is 2. The van der Waals surface area contributed by atoms with Crippen LogP contribution in [0.3, 0.4) is 0 Å². The first kappa shape index (κ1) is 12.0.